The Kier molecular flexibility index (Phi) is 3.65. The monoisotopic (exact) mass is 224 g/mol. The molecule has 0 fully saturated rings. The zero-order chi connectivity index (χ0) is 12.3. The summed E-state index contributed by atoms with van der Waals surface area (Å²) in [4.78, 5) is 0. The summed E-state index contributed by atoms with van der Waals surface area (Å²) < 4.78 is 0. The fraction of sp³-hybridized carbons (Fsp3) is 0.200. The zero-order valence-corrected chi connectivity index (χ0v) is 10.4. The van der Waals surface area contributed by atoms with Gasteiger partial charge in [-0.3, -0.25) is 0 Å². The van der Waals surface area contributed by atoms with Gasteiger partial charge in [0.2, 0.25) is 0 Å². The van der Waals surface area contributed by atoms with E-state index in [0.717, 1.165) is 17.3 Å². The fourth-order valence-corrected chi connectivity index (χ4v) is 1.92. The zero-order valence-electron chi connectivity index (χ0n) is 10.4. The lowest BCUT2D eigenvalue weighted by atomic mass is 9.55. The highest BCUT2D eigenvalue weighted by Gasteiger charge is 2.16. The Hall–Kier alpha value is -1.54. The van der Waals surface area contributed by atoms with Crippen molar-refractivity contribution >= 4 is 17.8 Å². The first-order valence-corrected chi connectivity index (χ1v) is 6.04. The maximum atomic E-state index is 10.3. The molecule has 0 aliphatic carbocycles. The molecule has 17 heavy (non-hydrogen) atoms. The molecule has 0 heterocycles. The van der Waals surface area contributed by atoms with Crippen LogP contribution in [0, 0.1) is 6.92 Å². The lowest BCUT2D eigenvalue weighted by Crippen LogP contribution is -2.42. The van der Waals surface area contributed by atoms with Crippen LogP contribution in [0.25, 0.3) is 0 Å². The molecule has 0 bridgehead atoms. The van der Waals surface area contributed by atoms with E-state index >= 15 is 0 Å². The largest absolute Gasteiger partial charge is 0.443 e. The molecule has 0 unspecified atom stereocenters. The highest BCUT2D eigenvalue weighted by Crippen LogP contribution is 1.99. The van der Waals surface area contributed by atoms with Crippen LogP contribution < -0.4 is 10.9 Å². The third kappa shape index (κ3) is 2.77. The molecule has 2 heteroatoms. The molecule has 0 radical (unpaired) electrons. The third-order valence-corrected chi connectivity index (χ3v) is 3.07. The Morgan fingerprint density at radius 2 is 1.71 bits per heavy atom. The Morgan fingerprint density at radius 1 is 1.00 bits per heavy atom. The number of hydrogen-bond donors (Lipinski definition) is 1. The van der Waals surface area contributed by atoms with E-state index in [9.17, 15) is 5.02 Å². The normalized spacial score (nSPS) is 10.3. The number of benzene rings is 2. The molecular weight excluding hydrogens is 207 g/mol. The molecule has 2 rings (SSSR count). The van der Waals surface area contributed by atoms with Gasteiger partial charge >= 0.3 is 6.92 Å². The van der Waals surface area contributed by atoms with Crippen molar-refractivity contribution in [1.29, 1.82) is 0 Å². The average Bonchev–Trinajstić information content (AvgIpc) is 2.39. The van der Waals surface area contributed by atoms with E-state index in [0.29, 0.717) is 0 Å². The standard InChI is InChI=1S/C15H17BO/c1-3-13-5-4-6-15(11-13)16(17)14-9-7-12(2)8-10-14/h4-11,17H,3H2,1-2H3. The minimum atomic E-state index is -0.526. The molecule has 1 N–H and O–H groups in total. The molecule has 2 aromatic rings. The van der Waals surface area contributed by atoms with Crippen molar-refractivity contribution in [3.05, 3.63) is 59.7 Å². The quantitative estimate of drug-likeness (QED) is 0.786. The molecule has 0 aliphatic heterocycles. The van der Waals surface area contributed by atoms with Gasteiger partial charge in [-0.15, -0.1) is 0 Å². The predicted molar refractivity (Wildman–Crippen MR) is 74.2 cm³/mol. The Labute approximate surface area is 103 Å². The Balaban J connectivity index is 2.29. The molecule has 0 amide bonds. The van der Waals surface area contributed by atoms with Gasteiger partial charge in [-0.1, -0.05) is 61.0 Å². The van der Waals surface area contributed by atoms with Crippen LogP contribution in [0.3, 0.4) is 0 Å². The Bertz CT molecular complexity index is 491. The van der Waals surface area contributed by atoms with Gasteiger partial charge in [-0.2, -0.15) is 0 Å². The summed E-state index contributed by atoms with van der Waals surface area (Å²) in [6, 6.07) is 16.2. The molecule has 0 aliphatic rings. The van der Waals surface area contributed by atoms with Gasteiger partial charge in [0.1, 0.15) is 0 Å². The molecule has 2 aromatic carbocycles. The minimum Gasteiger partial charge on any atom is -0.443 e. The molecule has 0 aromatic heterocycles. The van der Waals surface area contributed by atoms with Crippen molar-refractivity contribution in [2.24, 2.45) is 0 Å². The van der Waals surface area contributed by atoms with Gasteiger partial charge in [0, 0.05) is 0 Å². The second-order valence-electron chi connectivity index (χ2n) is 4.41. The van der Waals surface area contributed by atoms with Crippen molar-refractivity contribution < 1.29 is 5.02 Å². The first kappa shape index (κ1) is 11.9. The first-order chi connectivity index (χ1) is 8.20. The number of rotatable bonds is 3. The molecule has 0 saturated carbocycles. The van der Waals surface area contributed by atoms with Crippen LogP contribution >= 0.6 is 0 Å². The summed E-state index contributed by atoms with van der Waals surface area (Å²) in [6.07, 6.45) is 0.995. The third-order valence-electron chi connectivity index (χ3n) is 3.07. The molecule has 86 valence electrons. The molecule has 1 nitrogen and oxygen atoms in total. The van der Waals surface area contributed by atoms with Gasteiger partial charge < -0.3 is 5.02 Å². The lowest BCUT2D eigenvalue weighted by Gasteiger charge is -2.09. The van der Waals surface area contributed by atoms with Crippen LogP contribution in [0.1, 0.15) is 18.1 Å². The smallest absolute Gasteiger partial charge is 0.358 e. The van der Waals surface area contributed by atoms with Crippen LogP contribution in [0.5, 0.6) is 0 Å². The second-order valence-corrected chi connectivity index (χ2v) is 4.41. The average molecular weight is 224 g/mol. The van der Waals surface area contributed by atoms with Gasteiger partial charge in [-0.05, 0) is 29.8 Å². The highest BCUT2D eigenvalue weighted by atomic mass is 16.2. The van der Waals surface area contributed by atoms with Crippen LogP contribution in [0.15, 0.2) is 48.5 Å². The van der Waals surface area contributed by atoms with E-state index in [1.165, 1.54) is 11.1 Å². The summed E-state index contributed by atoms with van der Waals surface area (Å²) in [5, 5.41) is 10.3. The van der Waals surface area contributed by atoms with Crippen LogP contribution in [0.2, 0.25) is 0 Å². The van der Waals surface area contributed by atoms with Crippen molar-refractivity contribution in [1.82, 2.24) is 0 Å². The summed E-state index contributed by atoms with van der Waals surface area (Å²) in [5.74, 6) is 0. The topological polar surface area (TPSA) is 20.2 Å². The van der Waals surface area contributed by atoms with Crippen LogP contribution in [-0.4, -0.2) is 11.9 Å². The fourth-order valence-electron chi connectivity index (χ4n) is 1.92. The van der Waals surface area contributed by atoms with Gasteiger partial charge in [0.05, 0.1) is 0 Å². The van der Waals surface area contributed by atoms with Crippen molar-refractivity contribution in [2.75, 3.05) is 0 Å². The molecular formula is C15H17BO. The number of hydrogen-bond acceptors (Lipinski definition) is 1. The second kappa shape index (κ2) is 5.20. The minimum absolute atomic E-state index is 0.526. The number of aryl methyl sites for hydroxylation is 2. The predicted octanol–water partition coefficient (Wildman–Crippen LogP) is 1.66. The Morgan fingerprint density at radius 3 is 2.35 bits per heavy atom. The molecule has 0 spiro atoms. The van der Waals surface area contributed by atoms with Crippen LogP contribution in [0.4, 0.5) is 0 Å². The van der Waals surface area contributed by atoms with E-state index in [-0.39, 0.29) is 0 Å². The summed E-state index contributed by atoms with van der Waals surface area (Å²) in [5.41, 5.74) is 4.38. The van der Waals surface area contributed by atoms with Gasteiger partial charge in [-0.25, -0.2) is 0 Å². The van der Waals surface area contributed by atoms with Gasteiger partial charge in [0.25, 0.3) is 0 Å². The molecule has 0 saturated heterocycles. The van der Waals surface area contributed by atoms with Crippen molar-refractivity contribution in [3.63, 3.8) is 0 Å². The maximum absolute atomic E-state index is 10.3. The van der Waals surface area contributed by atoms with E-state index in [2.05, 4.69) is 19.1 Å². The SMILES string of the molecule is CCc1cccc(B(O)c2ccc(C)cc2)c1. The highest BCUT2D eigenvalue weighted by molar-refractivity contribution is 6.78. The van der Waals surface area contributed by atoms with Crippen molar-refractivity contribution in [3.8, 4) is 0 Å². The maximum Gasteiger partial charge on any atom is 0.358 e. The van der Waals surface area contributed by atoms with E-state index in [1.54, 1.807) is 0 Å². The first-order valence-electron chi connectivity index (χ1n) is 6.04. The van der Waals surface area contributed by atoms with E-state index in [4.69, 9.17) is 0 Å². The van der Waals surface area contributed by atoms with E-state index < -0.39 is 6.92 Å². The summed E-state index contributed by atoms with van der Waals surface area (Å²) in [6.45, 7) is 3.65. The summed E-state index contributed by atoms with van der Waals surface area (Å²) in [7, 11) is 0. The lowest BCUT2D eigenvalue weighted by molar-refractivity contribution is 0.600. The van der Waals surface area contributed by atoms with Crippen LogP contribution in [-0.2, 0) is 6.42 Å². The van der Waals surface area contributed by atoms with Gasteiger partial charge in [0.15, 0.2) is 0 Å². The molecule has 0 atom stereocenters. The summed E-state index contributed by atoms with van der Waals surface area (Å²) >= 11 is 0. The van der Waals surface area contributed by atoms with Crippen molar-refractivity contribution in [2.45, 2.75) is 20.3 Å². The van der Waals surface area contributed by atoms with E-state index in [1.807, 2.05) is 43.3 Å².